The summed E-state index contributed by atoms with van der Waals surface area (Å²) in [7, 11) is 1.40. The summed E-state index contributed by atoms with van der Waals surface area (Å²) < 4.78 is 11.2. The van der Waals surface area contributed by atoms with Crippen LogP contribution in [0.15, 0.2) is 47.6 Å². The summed E-state index contributed by atoms with van der Waals surface area (Å²) in [6, 6.07) is 12.5. The number of rotatable bonds is 8. The van der Waals surface area contributed by atoms with Crippen LogP contribution in [0.2, 0.25) is 5.02 Å². The van der Waals surface area contributed by atoms with Crippen molar-refractivity contribution in [2.75, 3.05) is 20.3 Å². The molecule has 0 saturated carbocycles. The second-order valence-corrected chi connectivity index (χ2v) is 7.88. The zero-order chi connectivity index (χ0) is 23.3. The normalized spacial score (nSPS) is 26.1. The average molecular weight is 467 g/mol. The van der Waals surface area contributed by atoms with Gasteiger partial charge in [-0.1, -0.05) is 41.0 Å². The Labute approximate surface area is 190 Å². The summed E-state index contributed by atoms with van der Waals surface area (Å²) in [4.78, 5) is 4.58. The monoisotopic (exact) mass is 466 g/mol. The molecule has 9 nitrogen and oxygen atoms in total. The van der Waals surface area contributed by atoms with E-state index in [2.05, 4.69) is 9.99 Å². The number of aliphatic hydroxyl groups excluding tert-OH is 4. The summed E-state index contributed by atoms with van der Waals surface area (Å²) in [5, 5.41) is 44.0. The van der Waals surface area contributed by atoms with Crippen LogP contribution < -0.4 is 10.5 Å². The maximum absolute atomic E-state index is 10.4. The summed E-state index contributed by atoms with van der Waals surface area (Å²) in [5.41, 5.74) is 7.94. The lowest BCUT2D eigenvalue weighted by Gasteiger charge is -2.40. The van der Waals surface area contributed by atoms with Gasteiger partial charge in [-0.25, -0.2) is 0 Å². The molecule has 1 heterocycles. The van der Waals surface area contributed by atoms with Crippen LogP contribution in [0, 0.1) is 0 Å². The third-order valence-corrected chi connectivity index (χ3v) is 5.57. The van der Waals surface area contributed by atoms with Gasteiger partial charge in [-0.3, -0.25) is 0 Å². The molecule has 0 bridgehead atoms. The van der Waals surface area contributed by atoms with E-state index >= 15 is 0 Å². The molecule has 0 spiro atoms. The molecule has 1 saturated heterocycles. The molecule has 32 heavy (non-hydrogen) atoms. The van der Waals surface area contributed by atoms with Gasteiger partial charge in [0.15, 0.2) is 5.84 Å². The van der Waals surface area contributed by atoms with Crippen LogP contribution in [0.5, 0.6) is 5.75 Å². The molecule has 6 N–H and O–H groups in total. The Morgan fingerprint density at radius 2 is 1.81 bits per heavy atom. The molecule has 0 unspecified atom stereocenters. The van der Waals surface area contributed by atoms with Crippen molar-refractivity contribution in [1.29, 1.82) is 0 Å². The Morgan fingerprint density at radius 3 is 2.47 bits per heavy atom. The van der Waals surface area contributed by atoms with E-state index in [1.165, 1.54) is 7.11 Å². The van der Waals surface area contributed by atoms with Crippen molar-refractivity contribution >= 4 is 17.4 Å². The highest BCUT2D eigenvalue weighted by Gasteiger charge is 2.44. The van der Waals surface area contributed by atoms with Gasteiger partial charge in [-0.15, -0.1) is 0 Å². The number of ether oxygens (including phenoxy) is 2. The third kappa shape index (κ3) is 5.69. The van der Waals surface area contributed by atoms with Crippen LogP contribution in [-0.4, -0.2) is 71.0 Å². The number of oxime groups is 1. The van der Waals surface area contributed by atoms with E-state index in [-0.39, 0.29) is 12.4 Å². The predicted molar refractivity (Wildman–Crippen MR) is 118 cm³/mol. The second kappa shape index (κ2) is 11.0. The number of hydrogen-bond acceptors (Lipinski definition) is 8. The lowest BCUT2D eigenvalue weighted by molar-refractivity contribution is -0.231. The highest BCUT2D eigenvalue weighted by molar-refractivity contribution is 6.31. The third-order valence-electron chi connectivity index (χ3n) is 5.20. The minimum Gasteiger partial charge on any atom is -0.486 e. The highest BCUT2D eigenvalue weighted by Crippen LogP contribution is 2.34. The molecule has 2 aromatic carbocycles. The van der Waals surface area contributed by atoms with E-state index in [4.69, 9.17) is 26.8 Å². The number of benzene rings is 2. The van der Waals surface area contributed by atoms with Crippen molar-refractivity contribution < 1.29 is 34.7 Å². The van der Waals surface area contributed by atoms with Gasteiger partial charge in [-0.2, -0.15) is 0 Å². The zero-order valence-electron chi connectivity index (χ0n) is 17.5. The van der Waals surface area contributed by atoms with Crippen LogP contribution >= 0.6 is 11.6 Å². The van der Waals surface area contributed by atoms with E-state index in [0.29, 0.717) is 22.8 Å². The summed E-state index contributed by atoms with van der Waals surface area (Å²) in [6.07, 6.45) is -5.61. The Kier molecular flexibility index (Phi) is 8.30. The largest absolute Gasteiger partial charge is 0.486 e. The molecule has 0 amide bonds. The molecule has 0 aliphatic carbocycles. The van der Waals surface area contributed by atoms with E-state index in [9.17, 15) is 20.4 Å². The fraction of sp³-hybridized carbons (Fsp3) is 0.409. The standard InChI is InChI=1S/C22H27ClN2O7/c1-30-25-18(24)11-31-15-5-2-12(3-6-15)8-14-9-13(4-7-16(14)23)22-21(29)20(28)19(27)17(10-26)32-22/h2-7,9,17,19-22,26-29H,8,10-11H2,1H3,(H2,24,25)/t17-,19-,20+,21-,22+/m1/s1. The topological polar surface area (TPSA) is 147 Å². The van der Waals surface area contributed by atoms with Crippen molar-refractivity contribution in [2.45, 2.75) is 36.9 Å². The molecular formula is C22H27ClN2O7. The molecule has 0 aromatic heterocycles. The molecule has 3 rings (SSSR count). The van der Waals surface area contributed by atoms with Crippen molar-refractivity contribution in [3.05, 3.63) is 64.2 Å². The van der Waals surface area contributed by atoms with Gasteiger partial charge in [0.25, 0.3) is 0 Å². The van der Waals surface area contributed by atoms with Crippen molar-refractivity contribution in [2.24, 2.45) is 10.9 Å². The van der Waals surface area contributed by atoms with Gasteiger partial charge in [0.05, 0.1) is 6.61 Å². The molecule has 0 radical (unpaired) electrons. The number of hydrogen-bond donors (Lipinski definition) is 5. The van der Waals surface area contributed by atoms with E-state index in [0.717, 1.165) is 11.1 Å². The van der Waals surface area contributed by atoms with Gasteiger partial charge in [0.2, 0.25) is 0 Å². The minimum absolute atomic E-state index is 0.0974. The predicted octanol–water partition coefficient (Wildman–Crippen LogP) is 0.743. The quantitative estimate of drug-likeness (QED) is 0.217. The number of aliphatic hydroxyl groups is 4. The first kappa shape index (κ1) is 24.2. The van der Waals surface area contributed by atoms with Crippen molar-refractivity contribution in [1.82, 2.24) is 0 Å². The van der Waals surface area contributed by atoms with Crippen LogP contribution in [0.25, 0.3) is 0 Å². The molecule has 2 aromatic rings. The SMILES string of the molecule is CON=C(N)COc1ccc(Cc2cc([C@@H]3O[C@H](CO)[C@@H](O)[C@H](O)[C@H]3O)ccc2Cl)cc1. The van der Waals surface area contributed by atoms with E-state index < -0.39 is 37.1 Å². The molecule has 174 valence electrons. The second-order valence-electron chi connectivity index (χ2n) is 7.47. The Morgan fingerprint density at radius 1 is 1.09 bits per heavy atom. The van der Waals surface area contributed by atoms with Gasteiger partial charge in [-0.05, 0) is 41.3 Å². The summed E-state index contributed by atoms with van der Waals surface area (Å²) in [6.45, 7) is -0.389. The zero-order valence-corrected chi connectivity index (χ0v) is 18.2. The molecular weight excluding hydrogens is 440 g/mol. The Hall–Kier alpha value is -2.40. The first-order valence-electron chi connectivity index (χ1n) is 10.00. The number of amidine groups is 1. The lowest BCUT2D eigenvalue weighted by Crippen LogP contribution is -2.55. The van der Waals surface area contributed by atoms with Gasteiger partial charge >= 0.3 is 0 Å². The lowest BCUT2D eigenvalue weighted by atomic mass is 9.90. The first-order valence-corrected chi connectivity index (χ1v) is 10.4. The fourth-order valence-electron chi connectivity index (χ4n) is 3.51. The maximum atomic E-state index is 10.4. The first-order chi connectivity index (χ1) is 15.3. The molecule has 5 atom stereocenters. The van der Waals surface area contributed by atoms with Crippen molar-refractivity contribution in [3.63, 3.8) is 0 Å². The van der Waals surface area contributed by atoms with Gasteiger partial charge in [0, 0.05) is 5.02 Å². The Balaban J connectivity index is 1.73. The number of halogens is 1. The minimum atomic E-state index is -1.44. The molecule has 10 heteroatoms. The Bertz CT molecular complexity index is 923. The van der Waals surface area contributed by atoms with Crippen LogP contribution in [0.4, 0.5) is 0 Å². The summed E-state index contributed by atoms with van der Waals surface area (Å²) in [5.74, 6) is 0.831. The van der Waals surface area contributed by atoms with Crippen LogP contribution in [0.3, 0.4) is 0 Å². The smallest absolute Gasteiger partial charge is 0.177 e. The van der Waals surface area contributed by atoms with E-state index in [1.54, 1.807) is 30.3 Å². The highest BCUT2D eigenvalue weighted by atomic mass is 35.5. The van der Waals surface area contributed by atoms with Crippen LogP contribution in [0.1, 0.15) is 22.8 Å². The maximum Gasteiger partial charge on any atom is 0.177 e. The average Bonchev–Trinajstić information content (AvgIpc) is 2.79. The van der Waals surface area contributed by atoms with Crippen LogP contribution in [-0.2, 0) is 16.0 Å². The number of nitrogens with zero attached hydrogens (tertiary/aromatic N) is 1. The molecule has 1 fully saturated rings. The summed E-state index contributed by atoms with van der Waals surface area (Å²) >= 11 is 6.38. The number of nitrogens with two attached hydrogens (primary N) is 1. The fourth-order valence-corrected chi connectivity index (χ4v) is 3.69. The molecule has 1 aliphatic heterocycles. The van der Waals surface area contributed by atoms with Gasteiger partial charge in [0.1, 0.15) is 50.0 Å². The van der Waals surface area contributed by atoms with E-state index in [1.807, 2.05) is 12.1 Å². The van der Waals surface area contributed by atoms with Gasteiger partial charge < -0.3 is 40.5 Å². The molecule has 1 aliphatic rings. The van der Waals surface area contributed by atoms with Crippen molar-refractivity contribution in [3.8, 4) is 5.75 Å².